The Morgan fingerprint density at radius 3 is 2.21 bits per heavy atom. The van der Waals surface area contributed by atoms with Crippen molar-refractivity contribution in [1.29, 1.82) is 0 Å². The van der Waals surface area contributed by atoms with Gasteiger partial charge in [0.05, 0.1) is 5.56 Å². The highest BCUT2D eigenvalue weighted by molar-refractivity contribution is 5.91. The molecule has 2 aromatic rings. The number of hydrogen-bond acceptors (Lipinski definition) is 5. The second-order valence-corrected chi connectivity index (χ2v) is 8.71. The van der Waals surface area contributed by atoms with Crippen molar-refractivity contribution in [3.8, 4) is 5.75 Å². The van der Waals surface area contributed by atoms with Crippen LogP contribution in [0, 0.1) is 0 Å². The molecule has 7 heteroatoms. The van der Waals surface area contributed by atoms with E-state index in [1.807, 2.05) is 42.2 Å². The molecule has 0 spiro atoms. The number of esters is 1. The van der Waals surface area contributed by atoms with Crippen LogP contribution < -0.4 is 4.74 Å². The first-order chi connectivity index (χ1) is 16.4. The highest BCUT2D eigenvalue weighted by atomic mass is 16.5. The van der Waals surface area contributed by atoms with Gasteiger partial charge in [-0.15, -0.1) is 0 Å². The normalized spacial score (nSPS) is 17.7. The van der Waals surface area contributed by atoms with E-state index in [-0.39, 0.29) is 37.1 Å². The third-order valence-electron chi connectivity index (χ3n) is 6.21. The minimum atomic E-state index is -0.581. The van der Waals surface area contributed by atoms with Gasteiger partial charge in [-0.3, -0.25) is 9.59 Å². The molecule has 1 aliphatic heterocycles. The number of carbonyl (C=O) groups excluding carboxylic acids is 3. The van der Waals surface area contributed by atoms with Crippen LogP contribution in [0.2, 0.25) is 0 Å². The summed E-state index contributed by atoms with van der Waals surface area (Å²) in [5.74, 6) is -0.363. The van der Waals surface area contributed by atoms with Crippen LogP contribution in [0.5, 0.6) is 5.75 Å². The molecule has 2 atom stereocenters. The highest BCUT2D eigenvalue weighted by Crippen LogP contribution is 2.23. The van der Waals surface area contributed by atoms with Crippen molar-refractivity contribution in [1.82, 2.24) is 9.80 Å². The summed E-state index contributed by atoms with van der Waals surface area (Å²) < 4.78 is 10.9. The minimum absolute atomic E-state index is 0.0299. The van der Waals surface area contributed by atoms with Crippen molar-refractivity contribution in [3.63, 3.8) is 0 Å². The summed E-state index contributed by atoms with van der Waals surface area (Å²) in [5.41, 5.74) is 1.33. The van der Waals surface area contributed by atoms with Crippen LogP contribution in [0.4, 0.5) is 0 Å². The SMILES string of the molecule is CCN(Cc1ccccc1)C(=O)COC(=O)c1ccc(OCC(=O)N2C(C)CCCC2C)cc1. The largest absolute Gasteiger partial charge is 0.484 e. The van der Waals surface area contributed by atoms with Gasteiger partial charge < -0.3 is 19.3 Å². The fourth-order valence-electron chi connectivity index (χ4n) is 4.30. The predicted molar refractivity (Wildman–Crippen MR) is 129 cm³/mol. The van der Waals surface area contributed by atoms with E-state index >= 15 is 0 Å². The van der Waals surface area contributed by atoms with Gasteiger partial charge in [0.1, 0.15) is 5.75 Å². The van der Waals surface area contributed by atoms with Gasteiger partial charge >= 0.3 is 5.97 Å². The number of carbonyl (C=O) groups is 3. The van der Waals surface area contributed by atoms with E-state index in [2.05, 4.69) is 13.8 Å². The smallest absolute Gasteiger partial charge is 0.338 e. The predicted octanol–water partition coefficient (Wildman–Crippen LogP) is 4.06. The first-order valence-corrected chi connectivity index (χ1v) is 11.9. The van der Waals surface area contributed by atoms with E-state index in [1.165, 1.54) is 0 Å². The van der Waals surface area contributed by atoms with Gasteiger partial charge in [-0.25, -0.2) is 4.79 Å². The van der Waals surface area contributed by atoms with Gasteiger partial charge in [0.2, 0.25) is 0 Å². The van der Waals surface area contributed by atoms with Crippen LogP contribution >= 0.6 is 0 Å². The average Bonchev–Trinajstić information content (AvgIpc) is 2.85. The van der Waals surface area contributed by atoms with Crippen LogP contribution in [-0.4, -0.2) is 59.4 Å². The molecular weight excluding hydrogens is 432 g/mol. The van der Waals surface area contributed by atoms with E-state index in [0.717, 1.165) is 24.8 Å². The lowest BCUT2D eigenvalue weighted by Crippen LogP contribution is -2.49. The number of nitrogens with zero attached hydrogens (tertiary/aromatic N) is 2. The molecule has 2 amide bonds. The molecule has 34 heavy (non-hydrogen) atoms. The summed E-state index contributed by atoms with van der Waals surface area (Å²) in [4.78, 5) is 41.0. The maximum atomic E-state index is 12.6. The number of ether oxygens (including phenoxy) is 2. The Hall–Kier alpha value is -3.35. The Kier molecular flexibility index (Phi) is 9.08. The molecule has 1 fully saturated rings. The molecule has 2 unspecified atom stereocenters. The Labute approximate surface area is 201 Å². The Bertz CT molecular complexity index is 951. The minimum Gasteiger partial charge on any atom is -0.484 e. The summed E-state index contributed by atoms with van der Waals surface area (Å²) in [7, 11) is 0. The summed E-state index contributed by atoms with van der Waals surface area (Å²) in [6.45, 7) is 6.65. The van der Waals surface area contributed by atoms with E-state index in [9.17, 15) is 14.4 Å². The van der Waals surface area contributed by atoms with Crippen LogP contribution in [0.1, 0.15) is 56.0 Å². The first kappa shape index (κ1) is 25.3. The Balaban J connectivity index is 1.47. The average molecular weight is 467 g/mol. The third-order valence-corrected chi connectivity index (χ3v) is 6.21. The van der Waals surface area contributed by atoms with Crippen molar-refractivity contribution in [3.05, 3.63) is 65.7 Å². The number of rotatable bonds is 9. The van der Waals surface area contributed by atoms with Gasteiger partial charge in [-0.2, -0.15) is 0 Å². The van der Waals surface area contributed by atoms with Gasteiger partial charge in [-0.05, 0) is 69.9 Å². The van der Waals surface area contributed by atoms with Crippen molar-refractivity contribution >= 4 is 17.8 Å². The van der Waals surface area contributed by atoms with Gasteiger partial charge in [-0.1, -0.05) is 30.3 Å². The fourth-order valence-corrected chi connectivity index (χ4v) is 4.30. The number of benzene rings is 2. The molecule has 0 N–H and O–H groups in total. The lowest BCUT2D eigenvalue weighted by molar-refractivity contribution is -0.139. The molecule has 1 saturated heterocycles. The van der Waals surface area contributed by atoms with Gasteiger partial charge in [0.15, 0.2) is 13.2 Å². The number of piperidine rings is 1. The van der Waals surface area contributed by atoms with Crippen molar-refractivity contribution in [2.75, 3.05) is 19.8 Å². The summed E-state index contributed by atoms with van der Waals surface area (Å²) in [5, 5.41) is 0. The highest BCUT2D eigenvalue weighted by Gasteiger charge is 2.29. The summed E-state index contributed by atoms with van der Waals surface area (Å²) in [6, 6.07) is 16.5. The molecule has 0 aromatic heterocycles. The van der Waals surface area contributed by atoms with Gasteiger partial charge in [0.25, 0.3) is 11.8 Å². The van der Waals surface area contributed by atoms with Crippen molar-refractivity contribution in [2.45, 2.75) is 58.7 Å². The second kappa shape index (κ2) is 12.2. The molecule has 2 aromatic carbocycles. The van der Waals surface area contributed by atoms with E-state index in [4.69, 9.17) is 9.47 Å². The Morgan fingerprint density at radius 2 is 1.59 bits per heavy atom. The van der Waals surface area contributed by atoms with Crippen molar-refractivity contribution < 1.29 is 23.9 Å². The second-order valence-electron chi connectivity index (χ2n) is 8.71. The Morgan fingerprint density at radius 1 is 0.941 bits per heavy atom. The molecule has 1 aliphatic rings. The van der Waals surface area contributed by atoms with E-state index in [1.54, 1.807) is 29.2 Å². The molecule has 0 radical (unpaired) electrons. The molecule has 7 nitrogen and oxygen atoms in total. The fraction of sp³-hybridized carbons (Fsp3) is 0.444. The van der Waals surface area contributed by atoms with Crippen LogP contribution in [0.15, 0.2) is 54.6 Å². The van der Waals surface area contributed by atoms with Crippen LogP contribution in [-0.2, 0) is 20.9 Å². The molecule has 1 heterocycles. The monoisotopic (exact) mass is 466 g/mol. The summed E-state index contributed by atoms with van der Waals surface area (Å²) >= 11 is 0. The van der Waals surface area contributed by atoms with Crippen LogP contribution in [0.25, 0.3) is 0 Å². The molecule has 182 valence electrons. The zero-order chi connectivity index (χ0) is 24.5. The quantitative estimate of drug-likeness (QED) is 0.521. The lowest BCUT2D eigenvalue weighted by atomic mass is 9.97. The summed E-state index contributed by atoms with van der Waals surface area (Å²) in [6.07, 6.45) is 3.16. The number of likely N-dealkylation sites (N-methyl/N-ethyl adjacent to an activating group) is 1. The zero-order valence-corrected chi connectivity index (χ0v) is 20.2. The number of hydrogen-bond donors (Lipinski definition) is 0. The van der Waals surface area contributed by atoms with Crippen molar-refractivity contribution in [2.24, 2.45) is 0 Å². The topological polar surface area (TPSA) is 76.1 Å². The molecule has 3 rings (SSSR count). The van der Waals surface area contributed by atoms with Crippen LogP contribution in [0.3, 0.4) is 0 Å². The maximum absolute atomic E-state index is 12.6. The van der Waals surface area contributed by atoms with E-state index < -0.39 is 5.97 Å². The lowest BCUT2D eigenvalue weighted by Gasteiger charge is -2.38. The number of amides is 2. The van der Waals surface area contributed by atoms with E-state index in [0.29, 0.717) is 24.4 Å². The molecular formula is C27H34N2O5. The molecule has 0 aliphatic carbocycles. The molecule has 0 bridgehead atoms. The third kappa shape index (κ3) is 6.83. The number of likely N-dealkylation sites (tertiary alicyclic amines) is 1. The van der Waals surface area contributed by atoms with Gasteiger partial charge in [0, 0.05) is 25.2 Å². The standard InChI is InChI=1S/C27H34N2O5/c1-4-28(17-22-11-6-5-7-12-22)25(30)18-34-27(32)23-13-15-24(16-14-23)33-19-26(31)29-20(2)9-8-10-21(29)3/h5-7,11-16,20-21H,4,8-10,17-19H2,1-3H3. The first-order valence-electron chi connectivity index (χ1n) is 11.9. The zero-order valence-electron chi connectivity index (χ0n) is 20.2. The molecule has 0 saturated carbocycles. The maximum Gasteiger partial charge on any atom is 0.338 e.